The predicted molar refractivity (Wildman–Crippen MR) is 147 cm³/mol. The first-order chi connectivity index (χ1) is 19.8. The molecule has 2 aromatic rings. The molecule has 0 bridgehead atoms. The first-order valence-corrected chi connectivity index (χ1v) is 14.2. The second-order valence-electron chi connectivity index (χ2n) is 8.94. The van der Waals surface area contributed by atoms with Crippen molar-refractivity contribution >= 4 is 47.5 Å². The molecule has 2 aromatic carbocycles. The molecule has 2 atom stereocenters. The second-order valence-corrected chi connectivity index (χ2v) is 9.93. The van der Waals surface area contributed by atoms with E-state index >= 15 is 0 Å². The molecule has 0 unspecified atom stereocenters. The van der Waals surface area contributed by atoms with Gasteiger partial charge in [-0.15, -0.1) is 5.06 Å². The Morgan fingerprint density at radius 2 is 1.39 bits per heavy atom. The number of hydroxylamine groups is 2. The molecule has 41 heavy (non-hydrogen) atoms. The highest BCUT2D eigenvalue weighted by Gasteiger charge is 2.37. The van der Waals surface area contributed by atoms with E-state index in [4.69, 9.17) is 14.3 Å². The molecule has 0 radical (unpaired) electrons. The Hall–Kier alpha value is -4.39. The third-order valence-corrected chi connectivity index (χ3v) is 6.48. The molecule has 4 amide bonds. The molecule has 3 rings (SSSR count). The number of thioether (sulfide) groups is 1. The van der Waals surface area contributed by atoms with Crippen molar-refractivity contribution in [3.8, 4) is 0 Å². The number of benzene rings is 2. The number of imide groups is 1. The summed E-state index contributed by atoms with van der Waals surface area (Å²) >= 11 is 1.43. The number of esters is 1. The Balaban J connectivity index is 1.67. The van der Waals surface area contributed by atoms with Crippen LogP contribution in [-0.4, -0.2) is 64.9 Å². The molecule has 218 valence electrons. The van der Waals surface area contributed by atoms with Gasteiger partial charge in [0.2, 0.25) is 5.91 Å². The van der Waals surface area contributed by atoms with Crippen LogP contribution < -0.4 is 10.6 Å². The summed E-state index contributed by atoms with van der Waals surface area (Å²) in [6.07, 6.45) is 0.222. The first-order valence-electron chi connectivity index (χ1n) is 12.8. The number of hydrogen-bond acceptors (Lipinski definition) is 10. The lowest BCUT2D eigenvalue weighted by Crippen LogP contribution is -2.53. The molecule has 0 aromatic heterocycles. The van der Waals surface area contributed by atoms with Crippen LogP contribution in [0, 0.1) is 0 Å². The number of carbonyl (C=O) groups excluding carboxylic acids is 6. The molecular formula is C28H31N3O9S. The van der Waals surface area contributed by atoms with Gasteiger partial charge in [0.25, 0.3) is 11.8 Å². The van der Waals surface area contributed by atoms with Crippen LogP contribution in [0.25, 0.3) is 0 Å². The highest BCUT2D eigenvalue weighted by atomic mass is 32.2. The van der Waals surface area contributed by atoms with Gasteiger partial charge >= 0.3 is 18.0 Å². The third kappa shape index (κ3) is 10.3. The average molecular weight is 586 g/mol. The van der Waals surface area contributed by atoms with Crippen molar-refractivity contribution in [3.63, 3.8) is 0 Å². The van der Waals surface area contributed by atoms with Gasteiger partial charge in [0.1, 0.15) is 25.3 Å². The largest absolute Gasteiger partial charge is 0.461 e. The van der Waals surface area contributed by atoms with Crippen LogP contribution in [0.2, 0.25) is 0 Å². The minimum Gasteiger partial charge on any atom is -0.461 e. The monoisotopic (exact) mass is 585 g/mol. The van der Waals surface area contributed by atoms with Gasteiger partial charge in [-0.25, -0.2) is 9.59 Å². The average Bonchev–Trinajstić information content (AvgIpc) is 3.29. The van der Waals surface area contributed by atoms with E-state index in [0.29, 0.717) is 16.4 Å². The van der Waals surface area contributed by atoms with Crippen LogP contribution in [0.4, 0.5) is 4.79 Å². The minimum absolute atomic E-state index is 0.0242. The molecular weight excluding hydrogens is 554 g/mol. The summed E-state index contributed by atoms with van der Waals surface area (Å²) in [7, 11) is 0. The summed E-state index contributed by atoms with van der Waals surface area (Å²) in [4.78, 5) is 80.0. The Bertz CT molecular complexity index is 1210. The molecule has 1 fully saturated rings. The van der Waals surface area contributed by atoms with E-state index in [-0.39, 0.29) is 32.5 Å². The van der Waals surface area contributed by atoms with E-state index in [1.165, 1.54) is 11.8 Å². The zero-order valence-corrected chi connectivity index (χ0v) is 23.2. The number of hydrogen-bond donors (Lipinski definition) is 2. The number of ether oxygens (including phenoxy) is 2. The molecule has 1 heterocycles. The highest BCUT2D eigenvalue weighted by molar-refractivity contribution is 7.98. The molecule has 1 saturated heterocycles. The molecule has 13 heteroatoms. The number of amides is 4. The summed E-state index contributed by atoms with van der Waals surface area (Å²) in [5, 5.41) is 5.20. The lowest BCUT2D eigenvalue weighted by atomic mass is 10.1. The Morgan fingerprint density at radius 3 is 1.95 bits per heavy atom. The quantitative estimate of drug-likeness (QED) is 0.249. The molecule has 2 N–H and O–H groups in total. The topological polar surface area (TPSA) is 157 Å². The molecule has 1 aliphatic rings. The molecule has 0 saturated carbocycles. The van der Waals surface area contributed by atoms with Crippen molar-refractivity contribution < 1.29 is 43.1 Å². The number of carbonyl (C=O) groups is 6. The van der Waals surface area contributed by atoms with E-state index in [0.717, 1.165) is 5.56 Å². The Morgan fingerprint density at radius 1 is 0.829 bits per heavy atom. The van der Waals surface area contributed by atoms with Crippen LogP contribution >= 0.6 is 11.8 Å². The SMILES string of the molecule is CSCC[C@H](NC(=O)OCc1ccccc1)C(=O)N[C@@H](CC(=O)OCc1ccccc1)C(=O)ON1C(=O)CCC1=O. The van der Waals surface area contributed by atoms with E-state index in [2.05, 4.69) is 10.6 Å². The fraction of sp³-hybridized carbons (Fsp3) is 0.357. The maximum Gasteiger partial charge on any atom is 0.408 e. The van der Waals surface area contributed by atoms with Crippen LogP contribution in [-0.2, 0) is 51.5 Å². The van der Waals surface area contributed by atoms with E-state index in [1.807, 2.05) is 12.3 Å². The standard InChI is InChI=1S/C28H31N3O9S/c1-41-15-14-21(30-28(37)39-18-20-10-6-3-7-11-20)26(35)29-22(27(36)40-31-23(32)12-13-24(31)33)16-25(34)38-17-19-8-4-2-5-9-19/h2-11,21-22H,12-18H2,1H3,(H,29,35)(H,30,37)/t21-,22-/m0/s1. The van der Waals surface area contributed by atoms with Gasteiger partial charge in [0.05, 0.1) is 6.42 Å². The zero-order chi connectivity index (χ0) is 29.6. The smallest absolute Gasteiger partial charge is 0.408 e. The normalized spacial score (nSPS) is 14.1. The van der Waals surface area contributed by atoms with Crippen LogP contribution in [0.3, 0.4) is 0 Å². The molecule has 0 spiro atoms. The Kier molecular flexibility index (Phi) is 12.2. The van der Waals surface area contributed by atoms with E-state index in [1.54, 1.807) is 54.6 Å². The summed E-state index contributed by atoms with van der Waals surface area (Å²) in [5.41, 5.74) is 1.45. The maximum absolute atomic E-state index is 13.2. The number of nitrogens with one attached hydrogen (secondary N) is 2. The van der Waals surface area contributed by atoms with E-state index < -0.39 is 54.3 Å². The second kappa shape index (κ2) is 16.0. The van der Waals surface area contributed by atoms with Crippen LogP contribution in [0.1, 0.15) is 36.8 Å². The van der Waals surface area contributed by atoms with Crippen molar-refractivity contribution in [1.82, 2.24) is 15.7 Å². The first kappa shape index (κ1) is 31.1. The summed E-state index contributed by atoms with van der Waals surface area (Å²) in [5.74, 6) is -3.82. The van der Waals surface area contributed by atoms with E-state index in [9.17, 15) is 28.8 Å². The van der Waals surface area contributed by atoms with Crippen molar-refractivity contribution in [2.24, 2.45) is 0 Å². The van der Waals surface area contributed by atoms with Crippen molar-refractivity contribution in [2.45, 2.75) is 51.0 Å². The summed E-state index contributed by atoms with van der Waals surface area (Å²) in [6, 6.07) is 15.0. The Labute approximate surface area is 241 Å². The van der Waals surface area contributed by atoms with Gasteiger partial charge in [-0.3, -0.25) is 19.2 Å². The lowest BCUT2D eigenvalue weighted by molar-refractivity contribution is -0.199. The van der Waals surface area contributed by atoms with Crippen molar-refractivity contribution in [3.05, 3.63) is 71.8 Å². The highest BCUT2D eigenvalue weighted by Crippen LogP contribution is 2.14. The van der Waals surface area contributed by atoms with Crippen molar-refractivity contribution in [1.29, 1.82) is 0 Å². The van der Waals surface area contributed by atoms with Gasteiger partial charge in [0.15, 0.2) is 0 Å². The van der Waals surface area contributed by atoms with Gasteiger partial charge in [-0.05, 0) is 29.6 Å². The molecule has 0 aliphatic carbocycles. The van der Waals surface area contributed by atoms with Gasteiger partial charge in [-0.2, -0.15) is 11.8 Å². The number of rotatable bonds is 14. The van der Waals surface area contributed by atoms with Gasteiger partial charge in [0, 0.05) is 12.8 Å². The van der Waals surface area contributed by atoms with Crippen molar-refractivity contribution in [2.75, 3.05) is 12.0 Å². The van der Waals surface area contributed by atoms with Crippen LogP contribution in [0.5, 0.6) is 0 Å². The minimum atomic E-state index is -1.62. The number of nitrogens with zero attached hydrogens (tertiary/aromatic N) is 1. The maximum atomic E-state index is 13.2. The molecule has 1 aliphatic heterocycles. The predicted octanol–water partition coefficient (Wildman–Crippen LogP) is 2.26. The van der Waals surface area contributed by atoms with Gasteiger partial charge in [-0.1, -0.05) is 60.7 Å². The fourth-order valence-corrected chi connectivity index (χ4v) is 4.12. The fourth-order valence-electron chi connectivity index (χ4n) is 3.65. The van der Waals surface area contributed by atoms with Gasteiger partial charge < -0.3 is 24.9 Å². The third-order valence-electron chi connectivity index (χ3n) is 5.83. The summed E-state index contributed by atoms with van der Waals surface area (Å²) < 4.78 is 10.4. The summed E-state index contributed by atoms with van der Waals surface area (Å²) in [6.45, 7) is -0.104. The van der Waals surface area contributed by atoms with Crippen LogP contribution in [0.15, 0.2) is 60.7 Å². The number of alkyl carbamates (subject to hydrolysis) is 1. The molecule has 12 nitrogen and oxygen atoms in total. The zero-order valence-electron chi connectivity index (χ0n) is 22.4. The lowest BCUT2D eigenvalue weighted by Gasteiger charge is -2.23.